The number of nitrogens with zero attached hydrogens (tertiary/aromatic N) is 4. The Bertz CT molecular complexity index is 684. The summed E-state index contributed by atoms with van der Waals surface area (Å²) in [6, 6.07) is 2.22. The summed E-state index contributed by atoms with van der Waals surface area (Å²) in [4.78, 5) is 18.5. The molecule has 0 atom stereocenters. The van der Waals surface area contributed by atoms with E-state index in [0.29, 0.717) is 22.7 Å². The first-order valence-electron chi connectivity index (χ1n) is 5.23. The van der Waals surface area contributed by atoms with E-state index >= 15 is 0 Å². The molecule has 0 aromatic carbocycles. The van der Waals surface area contributed by atoms with Crippen molar-refractivity contribution in [3.63, 3.8) is 0 Å². The summed E-state index contributed by atoms with van der Waals surface area (Å²) < 4.78 is 37.2. The Labute approximate surface area is 104 Å². The number of hydrogen-bond donors (Lipinski definition) is 1. The molecule has 96 valence electrons. The third kappa shape index (κ3) is 2.12. The van der Waals surface area contributed by atoms with E-state index < -0.39 is 11.7 Å². The summed E-state index contributed by atoms with van der Waals surface area (Å²) >= 11 is 0. The molecule has 3 rings (SSSR count). The standard InChI is InChI=1S/C11H6F3N5/c12-11(13,14)6-1-2-7(16-3-6)10-18-8-4-15-5-17-9(8)19-10/h1-5H,(H,15,17,18,19). The lowest BCUT2D eigenvalue weighted by atomic mass is 10.2. The summed E-state index contributed by atoms with van der Waals surface area (Å²) in [5.74, 6) is 0.351. The maximum atomic E-state index is 12.4. The van der Waals surface area contributed by atoms with Gasteiger partial charge < -0.3 is 4.98 Å². The van der Waals surface area contributed by atoms with E-state index in [2.05, 4.69) is 24.9 Å². The molecule has 0 aliphatic carbocycles. The molecule has 0 amide bonds. The highest BCUT2D eigenvalue weighted by Crippen LogP contribution is 2.29. The Balaban J connectivity index is 2.02. The number of hydrogen-bond acceptors (Lipinski definition) is 4. The molecule has 0 unspecified atom stereocenters. The third-order valence-corrected chi connectivity index (χ3v) is 2.50. The Morgan fingerprint density at radius 3 is 2.53 bits per heavy atom. The molecule has 0 saturated heterocycles. The molecule has 5 nitrogen and oxygen atoms in total. The zero-order chi connectivity index (χ0) is 13.5. The third-order valence-electron chi connectivity index (χ3n) is 2.50. The Hall–Kier alpha value is -2.51. The van der Waals surface area contributed by atoms with E-state index in [-0.39, 0.29) is 0 Å². The van der Waals surface area contributed by atoms with Crippen molar-refractivity contribution < 1.29 is 13.2 Å². The maximum absolute atomic E-state index is 12.4. The van der Waals surface area contributed by atoms with Crippen LogP contribution in [-0.2, 0) is 6.18 Å². The summed E-state index contributed by atoms with van der Waals surface area (Å²) in [7, 11) is 0. The van der Waals surface area contributed by atoms with Crippen molar-refractivity contribution in [2.75, 3.05) is 0 Å². The van der Waals surface area contributed by atoms with Crippen molar-refractivity contribution in [3.05, 3.63) is 36.4 Å². The monoisotopic (exact) mass is 265 g/mol. The van der Waals surface area contributed by atoms with Crippen LogP contribution in [0.25, 0.3) is 22.7 Å². The average molecular weight is 265 g/mol. The van der Waals surface area contributed by atoms with Gasteiger partial charge in [0.25, 0.3) is 0 Å². The van der Waals surface area contributed by atoms with Gasteiger partial charge in [0.05, 0.1) is 11.8 Å². The Morgan fingerprint density at radius 2 is 1.89 bits per heavy atom. The highest BCUT2D eigenvalue weighted by molar-refractivity contribution is 5.73. The molecule has 0 aliphatic rings. The molecule has 8 heteroatoms. The van der Waals surface area contributed by atoms with Gasteiger partial charge in [-0.1, -0.05) is 0 Å². The quantitative estimate of drug-likeness (QED) is 0.733. The molecular formula is C11H6F3N5. The van der Waals surface area contributed by atoms with E-state index in [4.69, 9.17) is 0 Å². The van der Waals surface area contributed by atoms with Crippen molar-refractivity contribution in [2.45, 2.75) is 6.18 Å². The number of halogens is 3. The van der Waals surface area contributed by atoms with Crippen LogP contribution in [0.4, 0.5) is 13.2 Å². The van der Waals surface area contributed by atoms with Gasteiger partial charge in [0.15, 0.2) is 11.5 Å². The van der Waals surface area contributed by atoms with Crippen LogP contribution in [0.1, 0.15) is 5.56 Å². The molecule has 3 aromatic rings. The second kappa shape index (κ2) is 4.01. The van der Waals surface area contributed by atoms with E-state index in [9.17, 15) is 13.2 Å². The molecular weight excluding hydrogens is 259 g/mol. The second-order valence-electron chi connectivity index (χ2n) is 3.78. The topological polar surface area (TPSA) is 67.3 Å². The fraction of sp³-hybridized carbons (Fsp3) is 0.0909. The molecule has 0 radical (unpaired) electrons. The molecule has 0 bridgehead atoms. The number of pyridine rings is 1. The van der Waals surface area contributed by atoms with Crippen molar-refractivity contribution in [2.24, 2.45) is 0 Å². The predicted molar refractivity (Wildman–Crippen MR) is 59.9 cm³/mol. The van der Waals surface area contributed by atoms with E-state index in [0.717, 1.165) is 12.3 Å². The first-order valence-corrected chi connectivity index (χ1v) is 5.23. The Morgan fingerprint density at radius 1 is 1.05 bits per heavy atom. The van der Waals surface area contributed by atoms with Gasteiger partial charge in [0.2, 0.25) is 0 Å². The highest BCUT2D eigenvalue weighted by Gasteiger charge is 2.30. The molecule has 1 N–H and O–H groups in total. The lowest BCUT2D eigenvalue weighted by Gasteiger charge is -2.05. The summed E-state index contributed by atoms with van der Waals surface area (Å²) in [6.45, 7) is 0. The molecule has 0 spiro atoms. The number of alkyl halides is 3. The minimum Gasteiger partial charge on any atom is -0.334 e. The summed E-state index contributed by atoms with van der Waals surface area (Å²) in [5.41, 5.74) is 0.545. The number of aromatic nitrogens is 5. The number of rotatable bonds is 1. The number of fused-ring (bicyclic) bond motifs is 1. The van der Waals surface area contributed by atoms with Gasteiger partial charge in [-0.05, 0) is 12.1 Å². The number of H-pyrrole nitrogens is 1. The highest BCUT2D eigenvalue weighted by atomic mass is 19.4. The average Bonchev–Trinajstić information content (AvgIpc) is 2.81. The first kappa shape index (κ1) is 11.6. The van der Waals surface area contributed by atoms with Crippen LogP contribution in [0.2, 0.25) is 0 Å². The van der Waals surface area contributed by atoms with Crippen molar-refractivity contribution in [1.29, 1.82) is 0 Å². The fourth-order valence-corrected chi connectivity index (χ4v) is 1.58. The Kier molecular flexibility index (Phi) is 2.44. The van der Waals surface area contributed by atoms with Gasteiger partial charge in [0, 0.05) is 6.20 Å². The van der Waals surface area contributed by atoms with Crippen LogP contribution in [0.15, 0.2) is 30.9 Å². The minimum atomic E-state index is -4.40. The van der Waals surface area contributed by atoms with Crippen molar-refractivity contribution in [3.8, 4) is 11.5 Å². The van der Waals surface area contributed by atoms with Gasteiger partial charge in [0.1, 0.15) is 17.5 Å². The number of imidazole rings is 1. The smallest absolute Gasteiger partial charge is 0.334 e. The zero-order valence-corrected chi connectivity index (χ0v) is 9.31. The van der Waals surface area contributed by atoms with Gasteiger partial charge in [-0.25, -0.2) is 15.0 Å². The van der Waals surface area contributed by atoms with E-state index in [1.54, 1.807) is 0 Å². The van der Waals surface area contributed by atoms with Gasteiger partial charge in [-0.15, -0.1) is 0 Å². The van der Waals surface area contributed by atoms with E-state index in [1.165, 1.54) is 18.6 Å². The van der Waals surface area contributed by atoms with Gasteiger partial charge >= 0.3 is 6.18 Å². The van der Waals surface area contributed by atoms with Crippen LogP contribution >= 0.6 is 0 Å². The van der Waals surface area contributed by atoms with Crippen LogP contribution in [0.3, 0.4) is 0 Å². The van der Waals surface area contributed by atoms with Crippen LogP contribution in [0, 0.1) is 0 Å². The fourth-order valence-electron chi connectivity index (χ4n) is 1.58. The lowest BCUT2D eigenvalue weighted by molar-refractivity contribution is -0.137. The SMILES string of the molecule is FC(F)(F)c1ccc(-c2nc3ncncc3[nH]2)nc1. The van der Waals surface area contributed by atoms with Crippen LogP contribution in [-0.4, -0.2) is 24.9 Å². The predicted octanol–water partition coefficient (Wildman–Crippen LogP) is 2.43. The normalized spacial score (nSPS) is 11.9. The van der Waals surface area contributed by atoms with Crippen LogP contribution in [0.5, 0.6) is 0 Å². The summed E-state index contributed by atoms with van der Waals surface area (Å²) in [5, 5.41) is 0. The van der Waals surface area contributed by atoms with E-state index in [1.807, 2.05) is 0 Å². The summed E-state index contributed by atoms with van der Waals surface area (Å²) in [6.07, 6.45) is -0.755. The van der Waals surface area contributed by atoms with Gasteiger partial charge in [-0.2, -0.15) is 13.2 Å². The molecule has 0 saturated carbocycles. The molecule has 0 aliphatic heterocycles. The van der Waals surface area contributed by atoms with Crippen molar-refractivity contribution in [1.82, 2.24) is 24.9 Å². The molecule has 19 heavy (non-hydrogen) atoms. The molecule has 3 aromatic heterocycles. The van der Waals surface area contributed by atoms with Gasteiger partial charge in [-0.3, -0.25) is 4.98 Å². The van der Waals surface area contributed by atoms with Crippen molar-refractivity contribution >= 4 is 11.2 Å². The second-order valence-corrected chi connectivity index (χ2v) is 3.78. The largest absolute Gasteiger partial charge is 0.417 e. The minimum absolute atomic E-state index is 0.311. The maximum Gasteiger partial charge on any atom is 0.417 e. The zero-order valence-electron chi connectivity index (χ0n) is 9.31. The number of nitrogens with one attached hydrogen (secondary N) is 1. The number of aromatic amines is 1. The first-order chi connectivity index (χ1) is 9.04. The lowest BCUT2D eigenvalue weighted by Crippen LogP contribution is -2.05. The molecule has 0 fully saturated rings. The molecule has 3 heterocycles. The van der Waals surface area contributed by atoms with Crippen LogP contribution < -0.4 is 0 Å².